The summed E-state index contributed by atoms with van der Waals surface area (Å²) < 4.78 is 23.8. The van der Waals surface area contributed by atoms with Gasteiger partial charge in [0.1, 0.15) is 5.75 Å². The third-order valence-electron chi connectivity index (χ3n) is 3.66. The van der Waals surface area contributed by atoms with Gasteiger partial charge < -0.3 is 5.11 Å². The van der Waals surface area contributed by atoms with Gasteiger partial charge in [-0.2, -0.15) is 0 Å². The quantitative estimate of drug-likeness (QED) is 0.733. The van der Waals surface area contributed by atoms with Crippen molar-refractivity contribution >= 4 is 15.8 Å². The van der Waals surface area contributed by atoms with Crippen molar-refractivity contribution in [3.8, 4) is 0 Å². The van der Waals surface area contributed by atoms with Crippen LogP contribution in [0.1, 0.15) is 16.8 Å². The van der Waals surface area contributed by atoms with E-state index in [-0.39, 0.29) is 12.3 Å². The number of carbonyl (C=O) groups is 1. The number of pyridine rings is 1. The van der Waals surface area contributed by atoms with E-state index in [1.54, 1.807) is 6.20 Å². The molecule has 2 aromatic rings. The fourth-order valence-corrected chi connectivity index (χ4v) is 3.59. The van der Waals surface area contributed by atoms with Crippen LogP contribution in [0.15, 0.2) is 48.7 Å². The van der Waals surface area contributed by atoms with Gasteiger partial charge in [0, 0.05) is 25.8 Å². The van der Waals surface area contributed by atoms with Crippen LogP contribution in [0.5, 0.6) is 0 Å². The van der Waals surface area contributed by atoms with Crippen LogP contribution < -0.4 is 0 Å². The molecule has 0 amide bonds. The summed E-state index contributed by atoms with van der Waals surface area (Å²) in [5.74, 6) is -2.36. The molecule has 25 heavy (non-hydrogen) atoms. The topological polar surface area (TPSA) is 87.6 Å². The molecule has 0 fully saturated rings. The third-order valence-corrected chi connectivity index (χ3v) is 5.15. The molecule has 0 unspecified atom stereocenters. The van der Waals surface area contributed by atoms with Crippen LogP contribution >= 0.6 is 0 Å². The molecule has 7 heteroatoms. The Labute approximate surface area is 148 Å². The number of carboxylic acids is 1. The minimum atomic E-state index is -3.63. The monoisotopic (exact) mass is 362 g/mol. The van der Waals surface area contributed by atoms with Crippen molar-refractivity contribution in [1.82, 2.24) is 9.88 Å². The van der Waals surface area contributed by atoms with Gasteiger partial charge in [-0.25, -0.2) is 8.42 Å². The van der Waals surface area contributed by atoms with E-state index in [9.17, 15) is 13.2 Å². The lowest BCUT2D eigenvalue weighted by atomic mass is 10.1. The Bertz CT molecular complexity index is 807. The van der Waals surface area contributed by atoms with E-state index in [1.165, 1.54) is 0 Å². The number of carboxylic acid groups (broad SMARTS) is 1. The number of hydrogen-bond acceptors (Lipinski definition) is 5. The van der Waals surface area contributed by atoms with Crippen LogP contribution in [-0.2, 0) is 27.7 Å². The van der Waals surface area contributed by atoms with Crippen molar-refractivity contribution in [3.05, 3.63) is 65.5 Å². The maximum Gasteiger partial charge on any atom is 0.318 e. The Kier molecular flexibility index (Phi) is 6.66. The zero-order chi connectivity index (χ0) is 18.3. The average Bonchev–Trinajstić information content (AvgIpc) is 2.52. The highest BCUT2D eigenvalue weighted by Gasteiger charge is 2.18. The first-order valence-corrected chi connectivity index (χ1v) is 9.76. The van der Waals surface area contributed by atoms with Gasteiger partial charge in [-0.1, -0.05) is 35.9 Å². The standard InChI is InChI=1S/C18H22N2O4S/c1-15-5-4-6-16(11-15)12-20(13-17-7-2-3-8-19-17)9-10-25(23,24)14-18(21)22/h2-8,11H,9-10,12-14H2,1H3,(H,21,22). The first kappa shape index (κ1) is 19.1. The molecular weight excluding hydrogens is 340 g/mol. The second-order valence-electron chi connectivity index (χ2n) is 6.01. The number of aromatic nitrogens is 1. The van der Waals surface area contributed by atoms with Crippen molar-refractivity contribution < 1.29 is 18.3 Å². The maximum absolute atomic E-state index is 11.9. The lowest BCUT2D eigenvalue weighted by Gasteiger charge is -2.22. The maximum atomic E-state index is 11.9. The molecule has 6 nitrogen and oxygen atoms in total. The zero-order valence-corrected chi connectivity index (χ0v) is 14.9. The van der Waals surface area contributed by atoms with E-state index in [1.807, 2.05) is 48.2 Å². The lowest BCUT2D eigenvalue weighted by Crippen LogP contribution is -2.31. The Morgan fingerprint density at radius 1 is 1.16 bits per heavy atom. The van der Waals surface area contributed by atoms with Crippen LogP contribution in [0.25, 0.3) is 0 Å². The molecule has 0 atom stereocenters. The number of hydrogen-bond donors (Lipinski definition) is 1. The van der Waals surface area contributed by atoms with E-state index in [0.29, 0.717) is 13.1 Å². The van der Waals surface area contributed by atoms with Gasteiger partial charge in [0.15, 0.2) is 9.84 Å². The highest BCUT2D eigenvalue weighted by Crippen LogP contribution is 2.11. The normalized spacial score (nSPS) is 11.6. The molecule has 0 aliphatic carbocycles. The summed E-state index contributed by atoms with van der Waals surface area (Å²) in [6, 6.07) is 13.6. The molecule has 1 aromatic carbocycles. The largest absolute Gasteiger partial charge is 0.480 e. The second-order valence-corrected chi connectivity index (χ2v) is 8.19. The fraction of sp³-hybridized carbons (Fsp3) is 0.333. The molecule has 0 saturated heterocycles. The Morgan fingerprint density at radius 3 is 2.60 bits per heavy atom. The van der Waals surface area contributed by atoms with Crippen molar-refractivity contribution in [2.75, 3.05) is 18.1 Å². The minimum absolute atomic E-state index is 0.196. The van der Waals surface area contributed by atoms with Gasteiger partial charge in [-0.05, 0) is 24.6 Å². The van der Waals surface area contributed by atoms with E-state index in [4.69, 9.17) is 5.11 Å². The van der Waals surface area contributed by atoms with E-state index in [0.717, 1.165) is 16.8 Å². The molecular formula is C18H22N2O4S. The number of nitrogens with zero attached hydrogens (tertiary/aromatic N) is 2. The third kappa shape index (κ3) is 7.03. The Morgan fingerprint density at radius 2 is 1.96 bits per heavy atom. The molecule has 1 N–H and O–H groups in total. The number of aliphatic carboxylic acids is 1. The van der Waals surface area contributed by atoms with Gasteiger partial charge in [0.25, 0.3) is 0 Å². The van der Waals surface area contributed by atoms with Crippen LogP contribution in [0.3, 0.4) is 0 Å². The summed E-state index contributed by atoms with van der Waals surface area (Å²) in [7, 11) is -3.63. The van der Waals surface area contributed by atoms with E-state index in [2.05, 4.69) is 11.1 Å². The first-order valence-electron chi connectivity index (χ1n) is 7.94. The number of benzene rings is 1. The lowest BCUT2D eigenvalue weighted by molar-refractivity contribution is -0.134. The van der Waals surface area contributed by atoms with E-state index >= 15 is 0 Å². The summed E-state index contributed by atoms with van der Waals surface area (Å²) in [5.41, 5.74) is 3.05. The highest BCUT2D eigenvalue weighted by molar-refractivity contribution is 7.92. The molecule has 2 rings (SSSR count). The molecule has 1 heterocycles. The Balaban J connectivity index is 2.10. The molecule has 0 radical (unpaired) electrons. The SMILES string of the molecule is Cc1cccc(CN(CCS(=O)(=O)CC(=O)O)Cc2ccccn2)c1. The summed E-state index contributed by atoms with van der Waals surface area (Å²) in [5, 5.41) is 8.71. The van der Waals surface area contributed by atoms with Gasteiger partial charge >= 0.3 is 5.97 Å². The second kappa shape index (κ2) is 8.73. The molecule has 134 valence electrons. The van der Waals surface area contributed by atoms with Gasteiger partial charge in [-0.3, -0.25) is 14.7 Å². The minimum Gasteiger partial charge on any atom is -0.480 e. The van der Waals surface area contributed by atoms with Gasteiger partial charge in [0.2, 0.25) is 0 Å². The number of aryl methyl sites for hydroxylation is 1. The predicted octanol–water partition coefficient (Wildman–Crippen LogP) is 1.89. The van der Waals surface area contributed by atoms with Crippen molar-refractivity contribution in [3.63, 3.8) is 0 Å². The molecule has 0 bridgehead atoms. The number of rotatable bonds is 9. The van der Waals surface area contributed by atoms with Crippen LogP contribution in [0.4, 0.5) is 0 Å². The van der Waals surface area contributed by atoms with Gasteiger partial charge in [-0.15, -0.1) is 0 Å². The van der Waals surface area contributed by atoms with Crippen molar-refractivity contribution in [2.45, 2.75) is 20.0 Å². The number of sulfone groups is 1. The smallest absolute Gasteiger partial charge is 0.318 e. The van der Waals surface area contributed by atoms with E-state index < -0.39 is 21.6 Å². The van der Waals surface area contributed by atoms with Crippen LogP contribution in [0.2, 0.25) is 0 Å². The predicted molar refractivity (Wildman–Crippen MR) is 95.8 cm³/mol. The highest BCUT2D eigenvalue weighted by atomic mass is 32.2. The summed E-state index contributed by atoms with van der Waals surface area (Å²) in [4.78, 5) is 16.9. The first-order chi connectivity index (χ1) is 11.8. The molecule has 0 saturated carbocycles. The van der Waals surface area contributed by atoms with Gasteiger partial charge in [0.05, 0.1) is 11.4 Å². The zero-order valence-electron chi connectivity index (χ0n) is 14.1. The summed E-state index contributed by atoms with van der Waals surface area (Å²) >= 11 is 0. The average molecular weight is 362 g/mol. The summed E-state index contributed by atoms with van der Waals surface area (Å²) in [6.07, 6.45) is 1.70. The Hall–Kier alpha value is -2.25. The van der Waals surface area contributed by atoms with Crippen LogP contribution in [-0.4, -0.2) is 47.4 Å². The molecule has 0 spiro atoms. The molecule has 1 aromatic heterocycles. The fourth-order valence-electron chi connectivity index (χ4n) is 2.53. The molecule has 0 aliphatic rings. The van der Waals surface area contributed by atoms with Crippen molar-refractivity contribution in [1.29, 1.82) is 0 Å². The molecule has 0 aliphatic heterocycles. The van der Waals surface area contributed by atoms with Crippen LogP contribution in [0, 0.1) is 6.92 Å². The van der Waals surface area contributed by atoms with Crippen molar-refractivity contribution in [2.24, 2.45) is 0 Å². The summed E-state index contributed by atoms with van der Waals surface area (Å²) in [6.45, 7) is 3.32.